The number of piperazine rings is 1. The van der Waals surface area contributed by atoms with Gasteiger partial charge in [-0.15, -0.1) is 0 Å². The van der Waals surface area contributed by atoms with Gasteiger partial charge in [-0.2, -0.15) is 4.31 Å². The molecule has 1 saturated heterocycles. The Kier molecular flexibility index (Phi) is 9.01. The van der Waals surface area contributed by atoms with Gasteiger partial charge in [0.15, 0.2) is 0 Å². The number of amides is 2. The van der Waals surface area contributed by atoms with E-state index in [9.17, 15) is 22.4 Å². The third kappa shape index (κ3) is 7.02. The molecule has 0 aliphatic carbocycles. The van der Waals surface area contributed by atoms with Gasteiger partial charge >= 0.3 is 0 Å². The van der Waals surface area contributed by atoms with E-state index in [1.165, 1.54) is 30.3 Å². The molecule has 11 heteroatoms. The zero-order valence-electron chi connectivity index (χ0n) is 21.7. The minimum Gasteiger partial charge on any atom is -0.336 e. The van der Waals surface area contributed by atoms with E-state index in [1.54, 1.807) is 41.3 Å². The average molecular weight is 573 g/mol. The zero-order valence-corrected chi connectivity index (χ0v) is 23.3. The number of sulfonamides is 1. The first-order valence-corrected chi connectivity index (χ1v) is 14.2. The Labute approximate surface area is 233 Å². The summed E-state index contributed by atoms with van der Waals surface area (Å²) in [5.41, 5.74) is 1.72. The fraction of sp³-hybridized carbons (Fsp3) is 0.286. The number of hydrogen-bond acceptors (Lipinski definition) is 5. The Morgan fingerprint density at radius 3 is 2.23 bits per heavy atom. The summed E-state index contributed by atoms with van der Waals surface area (Å²) in [5.74, 6) is -1.39. The van der Waals surface area contributed by atoms with Crippen LogP contribution in [0.3, 0.4) is 0 Å². The van der Waals surface area contributed by atoms with Gasteiger partial charge in [-0.05, 0) is 62.5 Å². The largest absolute Gasteiger partial charge is 0.336 e. The predicted octanol–water partition coefficient (Wildman–Crippen LogP) is 4.00. The smallest absolute Gasteiger partial charge is 0.253 e. The quantitative estimate of drug-likeness (QED) is 0.441. The van der Waals surface area contributed by atoms with Crippen molar-refractivity contribution in [3.05, 3.63) is 94.3 Å². The van der Waals surface area contributed by atoms with Crippen molar-refractivity contribution in [3.63, 3.8) is 0 Å². The van der Waals surface area contributed by atoms with Crippen molar-refractivity contribution >= 4 is 39.1 Å². The van der Waals surface area contributed by atoms with Crippen molar-refractivity contribution in [2.24, 2.45) is 0 Å². The van der Waals surface area contributed by atoms with E-state index in [4.69, 9.17) is 11.6 Å². The van der Waals surface area contributed by atoms with E-state index in [0.29, 0.717) is 24.3 Å². The van der Waals surface area contributed by atoms with Crippen LogP contribution in [0.5, 0.6) is 0 Å². The normalized spacial score (nSPS) is 14.4. The summed E-state index contributed by atoms with van der Waals surface area (Å²) < 4.78 is 42.4. The molecule has 2 amide bonds. The highest BCUT2D eigenvalue weighted by molar-refractivity contribution is 7.89. The third-order valence-corrected chi connectivity index (χ3v) is 8.74. The van der Waals surface area contributed by atoms with E-state index in [0.717, 1.165) is 23.0 Å². The van der Waals surface area contributed by atoms with Gasteiger partial charge < -0.3 is 15.1 Å². The lowest BCUT2D eigenvalue weighted by molar-refractivity contribution is -0.116. The van der Waals surface area contributed by atoms with Crippen LogP contribution in [0, 0.1) is 12.7 Å². The highest BCUT2D eigenvalue weighted by Crippen LogP contribution is 2.25. The Morgan fingerprint density at radius 2 is 1.62 bits per heavy atom. The summed E-state index contributed by atoms with van der Waals surface area (Å²) >= 11 is 6.16. The van der Waals surface area contributed by atoms with Crippen LogP contribution in [0.15, 0.2) is 71.6 Å². The Balaban J connectivity index is 1.50. The number of aryl methyl sites for hydroxylation is 1. The van der Waals surface area contributed by atoms with Crippen LogP contribution in [-0.4, -0.2) is 74.1 Å². The maximum atomic E-state index is 14.6. The lowest BCUT2D eigenvalue weighted by atomic mass is 10.1. The summed E-state index contributed by atoms with van der Waals surface area (Å²) in [5, 5.41) is 2.72. The molecule has 1 aliphatic rings. The molecule has 0 spiro atoms. The standard InChI is InChI=1S/C28H30ClFN4O4S/c1-20-6-12-23(13-7-20)39(37,38)34(18-24-25(29)4-3-5-26(24)30)19-27(35)31-22-10-8-21(9-11-22)28(36)33-16-14-32(2)15-17-33/h3-13H,14-19H2,1-2H3,(H,31,35). The van der Waals surface area contributed by atoms with Gasteiger partial charge in [0.25, 0.3) is 5.91 Å². The lowest BCUT2D eigenvalue weighted by Crippen LogP contribution is -2.47. The molecule has 0 radical (unpaired) electrons. The molecule has 39 heavy (non-hydrogen) atoms. The van der Waals surface area contributed by atoms with Gasteiger partial charge in [-0.1, -0.05) is 35.4 Å². The van der Waals surface area contributed by atoms with Gasteiger partial charge in [0.05, 0.1) is 11.4 Å². The van der Waals surface area contributed by atoms with E-state index in [-0.39, 0.29) is 21.4 Å². The second kappa shape index (κ2) is 12.3. The number of likely N-dealkylation sites (N-methyl/N-ethyl adjacent to an activating group) is 1. The summed E-state index contributed by atoms with van der Waals surface area (Å²) in [6.07, 6.45) is 0. The topological polar surface area (TPSA) is 90.0 Å². The molecule has 0 atom stereocenters. The fourth-order valence-electron chi connectivity index (χ4n) is 4.19. The van der Waals surface area contributed by atoms with Crippen LogP contribution in [0.2, 0.25) is 5.02 Å². The van der Waals surface area contributed by atoms with Gasteiger partial charge in [-0.3, -0.25) is 9.59 Å². The van der Waals surface area contributed by atoms with Crippen LogP contribution >= 0.6 is 11.6 Å². The number of nitrogens with one attached hydrogen (secondary N) is 1. The molecule has 206 valence electrons. The second-order valence-corrected chi connectivity index (χ2v) is 11.9. The first kappa shape index (κ1) is 28.7. The summed E-state index contributed by atoms with van der Waals surface area (Å²) in [6, 6.07) is 16.7. The Bertz CT molecular complexity index is 1420. The number of rotatable bonds is 8. The van der Waals surface area contributed by atoms with Crippen molar-refractivity contribution in [2.45, 2.75) is 18.4 Å². The maximum Gasteiger partial charge on any atom is 0.253 e. The number of hydrogen-bond donors (Lipinski definition) is 1. The van der Waals surface area contributed by atoms with E-state index in [2.05, 4.69) is 10.2 Å². The molecule has 1 aliphatic heterocycles. The molecule has 0 unspecified atom stereocenters. The Morgan fingerprint density at radius 1 is 0.974 bits per heavy atom. The SMILES string of the molecule is Cc1ccc(S(=O)(=O)N(CC(=O)Nc2ccc(C(=O)N3CCN(C)CC3)cc2)Cc2c(F)cccc2Cl)cc1. The highest BCUT2D eigenvalue weighted by Gasteiger charge is 2.29. The number of carbonyl (C=O) groups excluding carboxylic acids is 2. The summed E-state index contributed by atoms with van der Waals surface area (Å²) in [4.78, 5) is 29.7. The van der Waals surface area contributed by atoms with Gasteiger partial charge in [0.2, 0.25) is 15.9 Å². The molecule has 4 rings (SSSR count). The second-order valence-electron chi connectivity index (χ2n) is 9.51. The first-order valence-electron chi connectivity index (χ1n) is 12.4. The molecule has 1 N–H and O–H groups in total. The molecule has 1 heterocycles. The van der Waals surface area contributed by atoms with Crippen molar-refractivity contribution in [3.8, 4) is 0 Å². The van der Waals surface area contributed by atoms with E-state index in [1.807, 2.05) is 14.0 Å². The molecule has 0 bridgehead atoms. The van der Waals surface area contributed by atoms with Crippen molar-refractivity contribution in [1.29, 1.82) is 0 Å². The summed E-state index contributed by atoms with van der Waals surface area (Å²) in [7, 11) is -2.17. The first-order chi connectivity index (χ1) is 18.5. The minimum atomic E-state index is -4.18. The van der Waals surface area contributed by atoms with Gasteiger partial charge in [0, 0.05) is 54.6 Å². The lowest BCUT2D eigenvalue weighted by Gasteiger charge is -2.32. The Hall–Kier alpha value is -3.31. The summed E-state index contributed by atoms with van der Waals surface area (Å²) in [6.45, 7) is 3.71. The average Bonchev–Trinajstić information content (AvgIpc) is 2.91. The van der Waals surface area contributed by atoms with Crippen LogP contribution in [0.25, 0.3) is 0 Å². The van der Waals surface area contributed by atoms with Gasteiger partial charge in [0.1, 0.15) is 5.82 Å². The molecule has 3 aromatic carbocycles. The van der Waals surface area contributed by atoms with E-state index >= 15 is 0 Å². The van der Waals surface area contributed by atoms with Crippen LogP contribution < -0.4 is 5.32 Å². The van der Waals surface area contributed by atoms with Crippen molar-refractivity contribution in [1.82, 2.24) is 14.1 Å². The van der Waals surface area contributed by atoms with Crippen LogP contribution in [0.4, 0.5) is 10.1 Å². The van der Waals surface area contributed by atoms with Gasteiger partial charge in [-0.25, -0.2) is 12.8 Å². The van der Waals surface area contributed by atoms with Crippen molar-refractivity contribution < 1.29 is 22.4 Å². The molecule has 0 saturated carbocycles. The number of anilines is 1. The minimum absolute atomic E-state index is 0.0277. The maximum absolute atomic E-state index is 14.6. The molecular formula is C28H30ClFN4O4S. The number of nitrogens with zero attached hydrogens (tertiary/aromatic N) is 3. The van der Waals surface area contributed by atoms with E-state index < -0.39 is 34.8 Å². The molecule has 1 fully saturated rings. The zero-order chi connectivity index (χ0) is 28.2. The predicted molar refractivity (Wildman–Crippen MR) is 149 cm³/mol. The van der Waals surface area contributed by atoms with Crippen LogP contribution in [0.1, 0.15) is 21.5 Å². The molecule has 3 aromatic rings. The highest BCUT2D eigenvalue weighted by atomic mass is 35.5. The monoisotopic (exact) mass is 572 g/mol. The number of benzene rings is 3. The van der Waals surface area contributed by atoms with Crippen LogP contribution in [-0.2, 0) is 21.4 Å². The molecule has 0 aromatic heterocycles. The molecular weight excluding hydrogens is 543 g/mol. The fourth-order valence-corrected chi connectivity index (χ4v) is 5.78. The number of halogens is 2. The number of carbonyl (C=O) groups is 2. The van der Waals surface area contributed by atoms with Crippen molar-refractivity contribution in [2.75, 3.05) is 45.1 Å². The molecule has 8 nitrogen and oxygen atoms in total. The third-order valence-electron chi connectivity index (χ3n) is 6.58.